The smallest absolute Gasteiger partial charge is 0.0547 e. The van der Waals surface area contributed by atoms with Gasteiger partial charge in [0.25, 0.3) is 0 Å². The molecule has 0 aliphatic carbocycles. The SMILES string of the molecule is CCN(CC)CCCN(CC)Cc1cccc(CN)n1. The second kappa shape index (κ2) is 9.86. The molecule has 1 rings (SSSR count). The van der Waals surface area contributed by atoms with E-state index in [1.807, 2.05) is 12.1 Å². The van der Waals surface area contributed by atoms with Gasteiger partial charge < -0.3 is 10.6 Å². The lowest BCUT2D eigenvalue weighted by Crippen LogP contribution is -2.30. The molecule has 0 aliphatic rings. The summed E-state index contributed by atoms with van der Waals surface area (Å²) in [5.74, 6) is 0. The van der Waals surface area contributed by atoms with Crippen molar-refractivity contribution >= 4 is 0 Å². The van der Waals surface area contributed by atoms with E-state index in [2.05, 4.69) is 41.6 Å². The van der Waals surface area contributed by atoms with Gasteiger partial charge in [0.15, 0.2) is 0 Å². The Hall–Kier alpha value is -0.970. The molecule has 0 unspecified atom stereocenters. The third-order valence-corrected chi connectivity index (χ3v) is 3.75. The maximum absolute atomic E-state index is 5.64. The van der Waals surface area contributed by atoms with Gasteiger partial charge in [-0.05, 0) is 51.3 Å². The zero-order valence-corrected chi connectivity index (χ0v) is 13.3. The summed E-state index contributed by atoms with van der Waals surface area (Å²) in [6, 6.07) is 6.13. The summed E-state index contributed by atoms with van der Waals surface area (Å²) in [5, 5.41) is 0. The number of hydrogen-bond donors (Lipinski definition) is 1. The molecule has 0 atom stereocenters. The Morgan fingerprint density at radius 1 is 0.950 bits per heavy atom. The van der Waals surface area contributed by atoms with E-state index in [0.29, 0.717) is 6.54 Å². The molecular weight excluding hydrogens is 248 g/mol. The zero-order chi connectivity index (χ0) is 14.8. The van der Waals surface area contributed by atoms with Gasteiger partial charge in [-0.15, -0.1) is 0 Å². The van der Waals surface area contributed by atoms with E-state index in [0.717, 1.165) is 44.1 Å². The number of aromatic nitrogens is 1. The largest absolute Gasteiger partial charge is 0.325 e. The fourth-order valence-corrected chi connectivity index (χ4v) is 2.37. The lowest BCUT2D eigenvalue weighted by Gasteiger charge is -2.23. The minimum atomic E-state index is 0.516. The molecule has 114 valence electrons. The van der Waals surface area contributed by atoms with E-state index in [-0.39, 0.29) is 0 Å². The van der Waals surface area contributed by atoms with Crippen molar-refractivity contribution in [3.8, 4) is 0 Å². The highest BCUT2D eigenvalue weighted by atomic mass is 15.1. The first-order chi connectivity index (χ1) is 9.73. The van der Waals surface area contributed by atoms with Crippen LogP contribution in [-0.2, 0) is 13.1 Å². The Labute approximate surface area is 124 Å². The van der Waals surface area contributed by atoms with Gasteiger partial charge in [0.1, 0.15) is 0 Å². The van der Waals surface area contributed by atoms with E-state index >= 15 is 0 Å². The lowest BCUT2D eigenvalue weighted by molar-refractivity contribution is 0.236. The summed E-state index contributed by atoms with van der Waals surface area (Å²) < 4.78 is 0. The molecule has 0 radical (unpaired) electrons. The molecule has 0 aliphatic heterocycles. The molecule has 4 heteroatoms. The first-order valence-electron chi connectivity index (χ1n) is 7.83. The molecule has 2 N–H and O–H groups in total. The highest BCUT2D eigenvalue weighted by molar-refractivity contribution is 5.10. The number of hydrogen-bond acceptors (Lipinski definition) is 4. The van der Waals surface area contributed by atoms with E-state index in [1.165, 1.54) is 13.0 Å². The maximum Gasteiger partial charge on any atom is 0.0547 e. The highest BCUT2D eigenvalue weighted by Gasteiger charge is 2.06. The first-order valence-corrected chi connectivity index (χ1v) is 7.83. The molecular formula is C16H30N4. The van der Waals surface area contributed by atoms with E-state index in [9.17, 15) is 0 Å². The molecule has 0 amide bonds. The number of nitrogens with zero attached hydrogens (tertiary/aromatic N) is 3. The molecule has 20 heavy (non-hydrogen) atoms. The fourth-order valence-electron chi connectivity index (χ4n) is 2.37. The van der Waals surface area contributed by atoms with Crippen molar-refractivity contribution in [2.75, 3.05) is 32.7 Å². The van der Waals surface area contributed by atoms with Gasteiger partial charge in [-0.3, -0.25) is 9.88 Å². The second-order valence-electron chi connectivity index (χ2n) is 5.07. The number of pyridine rings is 1. The average molecular weight is 278 g/mol. The van der Waals surface area contributed by atoms with Crippen molar-refractivity contribution < 1.29 is 0 Å². The summed E-state index contributed by atoms with van der Waals surface area (Å²) >= 11 is 0. The summed E-state index contributed by atoms with van der Waals surface area (Å²) in [6.45, 7) is 13.8. The van der Waals surface area contributed by atoms with Crippen molar-refractivity contribution in [2.24, 2.45) is 5.73 Å². The van der Waals surface area contributed by atoms with Crippen LogP contribution in [0.4, 0.5) is 0 Å². The van der Waals surface area contributed by atoms with Crippen molar-refractivity contribution in [3.05, 3.63) is 29.6 Å². The van der Waals surface area contributed by atoms with Crippen LogP contribution in [0.2, 0.25) is 0 Å². The molecule has 1 aromatic rings. The fraction of sp³-hybridized carbons (Fsp3) is 0.688. The average Bonchev–Trinajstić information content (AvgIpc) is 2.50. The van der Waals surface area contributed by atoms with Gasteiger partial charge in [0, 0.05) is 13.1 Å². The van der Waals surface area contributed by atoms with Crippen molar-refractivity contribution in [1.29, 1.82) is 0 Å². The van der Waals surface area contributed by atoms with Crippen LogP contribution in [-0.4, -0.2) is 47.5 Å². The normalized spacial score (nSPS) is 11.5. The van der Waals surface area contributed by atoms with E-state index in [1.54, 1.807) is 0 Å². The van der Waals surface area contributed by atoms with Crippen LogP contribution in [0.15, 0.2) is 18.2 Å². The Morgan fingerprint density at radius 2 is 1.55 bits per heavy atom. The third-order valence-electron chi connectivity index (χ3n) is 3.75. The first kappa shape index (κ1) is 17.1. The third kappa shape index (κ3) is 5.99. The Bertz CT molecular complexity index is 363. The van der Waals surface area contributed by atoms with Gasteiger partial charge in [-0.25, -0.2) is 0 Å². The monoisotopic (exact) mass is 278 g/mol. The van der Waals surface area contributed by atoms with Crippen LogP contribution >= 0.6 is 0 Å². The molecule has 0 fully saturated rings. The molecule has 4 nitrogen and oxygen atoms in total. The predicted octanol–water partition coefficient (Wildman–Crippen LogP) is 2.09. The van der Waals surface area contributed by atoms with Crippen molar-refractivity contribution in [3.63, 3.8) is 0 Å². The van der Waals surface area contributed by atoms with E-state index in [4.69, 9.17) is 5.73 Å². The highest BCUT2D eigenvalue weighted by Crippen LogP contribution is 2.05. The lowest BCUT2D eigenvalue weighted by atomic mass is 10.2. The Kier molecular flexibility index (Phi) is 8.42. The van der Waals surface area contributed by atoms with Crippen LogP contribution < -0.4 is 5.73 Å². The standard InChI is InChI=1S/C16H30N4/c1-4-19(5-2)11-8-12-20(6-3)14-16-10-7-9-15(13-17)18-16/h7,9-10H,4-6,8,11-14,17H2,1-3H3. The molecule has 1 aromatic heterocycles. The molecule has 0 saturated carbocycles. The van der Waals surface area contributed by atoms with E-state index < -0.39 is 0 Å². The number of nitrogens with two attached hydrogens (primary N) is 1. The van der Waals surface area contributed by atoms with Gasteiger partial charge in [0.2, 0.25) is 0 Å². The van der Waals surface area contributed by atoms with Crippen LogP contribution in [0, 0.1) is 0 Å². The predicted molar refractivity (Wildman–Crippen MR) is 85.5 cm³/mol. The summed E-state index contributed by atoms with van der Waals surface area (Å²) in [5.41, 5.74) is 7.74. The van der Waals surface area contributed by atoms with Crippen LogP contribution in [0.1, 0.15) is 38.6 Å². The van der Waals surface area contributed by atoms with Crippen molar-refractivity contribution in [1.82, 2.24) is 14.8 Å². The molecule has 0 aromatic carbocycles. The van der Waals surface area contributed by atoms with Crippen LogP contribution in [0.3, 0.4) is 0 Å². The van der Waals surface area contributed by atoms with Gasteiger partial charge in [-0.2, -0.15) is 0 Å². The van der Waals surface area contributed by atoms with Crippen LogP contribution in [0.5, 0.6) is 0 Å². The van der Waals surface area contributed by atoms with Crippen LogP contribution in [0.25, 0.3) is 0 Å². The molecule has 1 heterocycles. The topological polar surface area (TPSA) is 45.4 Å². The minimum Gasteiger partial charge on any atom is -0.325 e. The quantitative estimate of drug-likeness (QED) is 0.712. The Morgan fingerprint density at radius 3 is 2.15 bits per heavy atom. The van der Waals surface area contributed by atoms with Gasteiger partial charge in [-0.1, -0.05) is 26.8 Å². The zero-order valence-electron chi connectivity index (χ0n) is 13.3. The summed E-state index contributed by atoms with van der Waals surface area (Å²) in [7, 11) is 0. The number of rotatable bonds is 10. The van der Waals surface area contributed by atoms with Gasteiger partial charge >= 0.3 is 0 Å². The summed E-state index contributed by atoms with van der Waals surface area (Å²) in [6.07, 6.45) is 1.21. The second-order valence-corrected chi connectivity index (χ2v) is 5.07. The van der Waals surface area contributed by atoms with Gasteiger partial charge in [0.05, 0.1) is 11.4 Å². The summed E-state index contributed by atoms with van der Waals surface area (Å²) in [4.78, 5) is 9.50. The molecule has 0 saturated heterocycles. The van der Waals surface area contributed by atoms with Crippen molar-refractivity contribution in [2.45, 2.75) is 40.3 Å². The maximum atomic E-state index is 5.64. The minimum absolute atomic E-state index is 0.516. The Balaban J connectivity index is 2.42. The molecule has 0 spiro atoms. The molecule has 0 bridgehead atoms.